The summed E-state index contributed by atoms with van der Waals surface area (Å²) in [6, 6.07) is 22.4. The smallest absolute Gasteiger partial charge is 0.319 e. The fourth-order valence-corrected chi connectivity index (χ4v) is 4.17. The lowest BCUT2D eigenvalue weighted by molar-refractivity contribution is -0.117. The van der Waals surface area contributed by atoms with Crippen LogP contribution in [0.15, 0.2) is 78.9 Å². The molecule has 0 fully saturated rings. The second-order valence-electron chi connectivity index (χ2n) is 7.71. The first-order chi connectivity index (χ1) is 17.5. The number of amides is 3. The first kappa shape index (κ1) is 24.7. The molecular formula is C26H25N5O4S. The van der Waals surface area contributed by atoms with Crippen LogP contribution in [0.4, 0.5) is 15.6 Å². The monoisotopic (exact) mass is 503 g/mol. The van der Waals surface area contributed by atoms with Gasteiger partial charge in [-0.3, -0.25) is 10.1 Å². The lowest BCUT2D eigenvalue weighted by atomic mass is 10.1. The molecule has 3 N–H and O–H groups in total. The summed E-state index contributed by atoms with van der Waals surface area (Å²) in [6.07, 6.45) is 0.291. The number of hydrogen-bond acceptors (Lipinski definition) is 7. The van der Waals surface area contributed by atoms with Gasteiger partial charge in [0, 0.05) is 23.7 Å². The van der Waals surface area contributed by atoms with Crippen molar-refractivity contribution in [3.05, 3.63) is 84.4 Å². The van der Waals surface area contributed by atoms with Crippen molar-refractivity contribution in [3.63, 3.8) is 0 Å². The molecule has 184 valence electrons. The van der Waals surface area contributed by atoms with Crippen LogP contribution in [-0.4, -0.2) is 42.4 Å². The van der Waals surface area contributed by atoms with Crippen LogP contribution in [0.1, 0.15) is 5.56 Å². The van der Waals surface area contributed by atoms with Gasteiger partial charge in [-0.05, 0) is 29.8 Å². The third-order valence-electron chi connectivity index (χ3n) is 5.20. The largest absolute Gasteiger partial charge is 0.497 e. The predicted molar refractivity (Wildman–Crippen MR) is 140 cm³/mol. The van der Waals surface area contributed by atoms with Crippen molar-refractivity contribution < 1.29 is 19.1 Å². The highest BCUT2D eigenvalue weighted by atomic mass is 32.1. The maximum atomic E-state index is 13.2. The zero-order valence-corrected chi connectivity index (χ0v) is 20.5. The minimum atomic E-state index is -0.859. The highest BCUT2D eigenvalue weighted by Gasteiger charge is 2.23. The van der Waals surface area contributed by atoms with Crippen LogP contribution >= 0.6 is 11.3 Å². The van der Waals surface area contributed by atoms with Crippen molar-refractivity contribution in [2.75, 3.05) is 24.9 Å². The summed E-state index contributed by atoms with van der Waals surface area (Å²) in [6.45, 7) is 0. The Hall–Kier alpha value is -4.44. The zero-order chi connectivity index (χ0) is 25.3. The van der Waals surface area contributed by atoms with E-state index >= 15 is 0 Å². The van der Waals surface area contributed by atoms with Crippen LogP contribution in [0, 0.1) is 0 Å². The second kappa shape index (κ2) is 11.8. The van der Waals surface area contributed by atoms with Crippen molar-refractivity contribution in [1.29, 1.82) is 0 Å². The molecule has 4 rings (SSSR count). The summed E-state index contributed by atoms with van der Waals surface area (Å²) >= 11 is 1.23. The third kappa shape index (κ3) is 6.57. The molecule has 0 saturated heterocycles. The number of urea groups is 1. The van der Waals surface area contributed by atoms with Crippen LogP contribution in [-0.2, 0) is 11.2 Å². The Bertz CT molecular complexity index is 1330. The number of methoxy groups -OCH3 is 2. The Morgan fingerprint density at radius 1 is 0.861 bits per heavy atom. The standard InChI is InChI=1S/C26H25N5O4S/c1-34-20-12-6-10-18(15-20)24-30-31-26(36-24)29-23(32)22(14-17-8-4-3-5-9-17)28-25(33)27-19-11-7-13-21(16-19)35-2/h3-13,15-16,22H,14H2,1-2H3,(H2,27,28,33)(H,29,31,32). The van der Waals surface area contributed by atoms with Gasteiger partial charge in [-0.25, -0.2) is 4.79 Å². The van der Waals surface area contributed by atoms with Crippen LogP contribution in [0.2, 0.25) is 0 Å². The summed E-state index contributed by atoms with van der Waals surface area (Å²) in [5, 5.41) is 17.5. The number of anilines is 2. The van der Waals surface area contributed by atoms with Gasteiger partial charge >= 0.3 is 6.03 Å². The molecule has 3 aromatic carbocycles. The first-order valence-corrected chi connectivity index (χ1v) is 11.9. The second-order valence-corrected chi connectivity index (χ2v) is 8.68. The molecule has 0 radical (unpaired) electrons. The van der Waals surface area contributed by atoms with Gasteiger partial charge < -0.3 is 20.1 Å². The Morgan fingerprint density at radius 2 is 1.58 bits per heavy atom. The van der Waals surface area contributed by atoms with E-state index in [1.165, 1.54) is 11.3 Å². The Kier molecular flexibility index (Phi) is 8.09. The number of aromatic nitrogens is 2. The number of benzene rings is 3. The predicted octanol–water partition coefficient (Wildman–Crippen LogP) is 4.59. The van der Waals surface area contributed by atoms with Gasteiger partial charge in [0.1, 0.15) is 22.5 Å². The fourth-order valence-electron chi connectivity index (χ4n) is 3.42. The fraction of sp³-hybridized carbons (Fsp3) is 0.154. The summed E-state index contributed by atoms with van der Waals surface area (Å²) in [4.78, 5) is 25.9. The molecule has 1 atom stereocenters. The molecule has 10 heteroatoms. The number of carbonyl (C=O) groups excluding carboxylic acids is 2. The Labute approximate surface area is 212 Å². The lowest BCUT2D eigenvalue weighted by Gasteiger charge is -2.18. The van der Waals surface area contributed by atoms with Gasteiger partial charge in [0.15, 0.2) is 0 Å². The molecule has 4 aromatic rings. The number of nitrogens with one attached hydrogen (secondary N) is 3. The van der Waals surface area contributed by atoms with Crippen molar-refractivity contribution in [2.45, 2.75) is 12.5 Å². The molecule has 1 aromatic heterocycles. The molecule has 0 aliphatic heterocycles. The van der Waals surface area contributed by atoms with E-state index < -0.39 is 18.0 Å². The highest BCUT2D eigenvalue weighted by molar-refractivity contribution is 7.18. The molecule has 9 nitrogen and oxygen atoms in total. The highest BCUT2D eigenvalue weighted by Crippen LogP contribution is 2.29. The quantitative estimate of drug-likeness (QED) is 0.308. The lowest BCUT2D eigenvalue weighted by Crippen LogP contribution is -2.46. The molecule has 0 aliphatic rings. The summed E-state index contributed by atoms with van der Waals surface area (Å²) in [7, 11) is 3.14. The molecule has 3 amide bonds. The van der Waals surface area contributed by atoms with Crippen LogP contribution in [0.25, 0.3) is 10.6 Å². The van der Waals surface area contributed by atoms with Gasteiger partial charge in [0.2, 0.25) is 11.0 Å². The zero-order valence-electron chi connectivity index (χ0n) is 19.7. The topological polar surface area (TPSA) is 114 Å². The number of rotatable bonds is 9. The summed E-state index contributed by atoms with van der Waals surface area (Å²) < 4.78 is 10.5. The van der Waals surface area contributed by atoms with E-state index in [4.69, 9.17) is 9.47 Å². The van der Waals surface area contributed by atoms with E-state index in [-0.39, 0.29) is 0 Å². The van der Waals surface area contributed by atoms with E-state index in [2.05, 4.69) is 26.1 Å². The first-order valence-electron chi connectivity index (χ1n) is 11.1. The minimum absolute atomic E-state index is 0.291. The molecule has 1 heterocycles. The van der Waals surface area contributed by atoms with Crippen molar-refractivity contribution in [2.24, 2.45) is 0 Å². The van der Waals surface area contributed by atoms with Gasteiger partial charge in [-0.2, -0.15) is 0 Å². The van der Waals surface area contributed by atoms with E-state index in [9.17, 15) is 9.59 Å². The minimum Gasteiger partial charge on any atom is -0.497 e. The van der Waals surface area contributed by atoms with Crippen LogP contribution < -0.4 is 25.4 Å². The normalized spacial score (nSPS) is 11.3. The molecule has 36 heavy (non-hydrogen) atoms. The van der Waals surface area contributed by atoms with Crippen molar-refractivity contribution in [3.8, 4) is 22.1 Å². The average Bonchev–Trinajstić information content (AvgIpc) is 3.37. The summed E-state index contributed by atoms with van der Waals surface area (Å²) in [5.74, 6) is 0.893. The third-order valence-corrected chi connectivity index (χ3v) is 6.09. The van der Waals surface area contributed by atoms with E-state index in [0.29, 0.717) is 33.7 Å². The van der Waals surface area contributed by atoms with Crippen LogP contribution in [0.5, 0.6) is 11.5 Å². The van der Waals surface area contributed by atoms with Gasteiger partial charge in [0.25, 0.3) is 0 Å². The SMILES string of the molecule is COc1cccc(NC(=O)NC(Cc2ccccc2)C(=O)Nc2nnc(-c3cccc(OC)c3)s2)c1. The van der Waals surface area contributed by atoms with Gasteiger partial charge in [-0.15, -0.1) is 10.2 Å². The Morgan fingerprint density at radius 3 is 2.33 bits per heavy atom. The molecule has 0 spiro atoms. The summed E-state index contributed by atoms with van der Waals surface area (Å²) in [5.41, 5.74) is 2.26. The number of nitrogens with zero attached hydrogens (tertiary/aromatic N) is 2. The van der Waals surface area contributed by atoms with Gasteiger partial charge in [-0.1, -0.05) is 59.9 Å². The van der Waals surface area contributed by atoms with Crippen molar-refractivity contribution >= 4 is 34.1 Å². The van der Waals surface area contributed by atoms with E-state index in [0.717, 1.165) is 11.1 Å². The van der Waals surface area contributed by atoms with E-state index in [1.807, 2.05) is 54.6 Å². The Balaban J connectivity index is 1.47. The molecule has 1 unspecified atom stereocenters. The van der Waals surface area contributed by atoms with E-state index in [1.54, 1.807) is 38.5 Å². The van der Waals surface area contributed by atoms with Gasteiger partial charge in [0.05, 0.1) is 14.2 Å². The molecule has 0 bridgehead atoms. The number of ether oxygens (including phenoxy) is 2. The molecule has 0 saturated carbocycles. The number of carbonyl (C=O) groups is 2. The molecular weight excluding hydrogens is 478 g/mol. The van der Waals surface area contributed by atoms with Crippen molar-refractivity contribution in [1.82, 2.24) is 15.5 Å². The number of hydrogen-bond donors (Lipinski definition) is 3. The maximum absolute atomic E-state index is 13.2. The maximum Gasteiger partial charge on any atom is 0.319 e. The van der Waals surface area contributed by atoms with Crippen LogP contribution in [0.3, 0.4) is 0 Å². The average molecular weight is 504 g/mol. The molecule has 0 aliphatic carbocycles.